The molecule has 0 bridgehead atoms. The number of aryl methyl sites for hydroxylation is 2. The van der Waals surface area contributed by atoms with E-state index < -0.39 is 24.1 Å². The SMILES string of the molecule is O=C([O-])[C@H](OCCCCCc1ccc2ccccc2c1)[C@@H](OCCO)C(=O)NCCCCCc1ccc2ccccc2c1.[Na+]. The number of benzene rings is 4. The van der Waals surface area contributed by atoms with Gasteiger partial charge in [0, 0.05) is 13.2 Å². The number of aliphatic carboxylic acids is 1. The minimum Gasteiger partial charge on any atom is -0.547 e. The van der Waals surface area contributed by atoms with Crippen LogP contribution in [0.4, 0.5) is 0 Å². The number of fused-ring (bicyclic) bond motifs is 2. The number of unbranched alkanes of at least 4 members (excludes halogenated alkanes) is 4. The van der Waals surface area contributed by atoms with Crippen LogP contribution in [-0.4, -0.2) is 55.6 Å². The molecule has 0 aromatic heterocycles. The van der Waals surface area contributed by atoms with Crippen molar-refractivity contribution in [1.29, 1.82) is 0 Å². The average Bonchev–Trinajstić information content (AvgIpc) is 3.03. The fourth-order valence-electron chi connectivity index (χ4n) is 5.31. The molecule has 0 radical (unpaired) electrons. The number of hydrogen-bond acceptors (Lipinski definition) is 6. The van der Waals surface area contributed by atoms with E-state index in [2.05, 4.69) is 66.0 Å². The molecule has 0 saturated carbocycles. The third-order valence-corrected chi connectivity index (χ3v) is 7.63. The van der Waals surface area contributed by atoms with Gasteiger partial charge in [-0.3, -0.25) is 4.79 Å². The second-order valence-electron chi connectivity index (χ2n) is 10.9. The molecule has 0 unspecified atom stereocenters. The summed E-state index contributed by atoms with van der Waals surface area (Å²) in [4.78, 5) is 24.8. The minimum atomic E-state index is -1.56. The van der Waals surface area contributed by atoms with Crippen LogP contribution in [0.25, 0.3) is 21.5 Å². The van der Waals surface area contributed by atoms with Gasteiger partial charge in [-0.2, -0.15) is 0 Å². The third kappa shape index (κ3) is 11.3. The zero-order valence-corrected chi connectivity index (χ0v) is 27.7. The maximum absolute atomic E-state index is 12.9. The second kappa shape index (κ2) is 19.6. The number of carbonyl (C=O) groups excluding carboxylic acids is 2. The van der Waals surface area contributed by atoms with E-state index in [0.29, 0.717) is 13.0 Å². The zero-order chi connectivity index (χ0) is 30.3. The van der Waals surface area contributed by atoms with Crippen LogP contribution in [-0.2, 0) is 31.9 Å². The number of aliphatic hydroxyl groups is 1. The molecule has 0 saturated heterocycles. The molecule has 1 amide bonds. The van der Waals surface area contributed by atoms with Gasteiger partial charge in [0.1, 0.15) is 6.10 Å². The number of ether oxygens (including phenoxy) is 2. The molecule has 0 aliphatic heterocycles. The summed E-state index contributed by atoms with van der Waals surface area (Å²) in [7, 11) is 0. The van der Waals surface area contributed by atoms with Crippen LogP contribution in [0.5, 0.6) is 0 Å². The van der Waals surface area contributed by atoms with Gasteiger partial charge in [0.15, 0.2) is 6.10 Å². The Morgan fingerprint density at radius 3 is 1.73 bits per heavy atom. The third-order valence-electron chi connectivity index (χ3n) is 7.63. The molecule has 7 nitrogen and oxygen atoms in total. The van der Waals surface area contributed by atoms with E-state index in [1.807, 2.05) is 24.3 Å². The normalized spacial score (nSPS) is 12.5. The molecule has 2 N–H and O–H groups in total. The molecule has 0 aliphatic carbocycles. The molecule has 0 heterocycles. The first-order valence-electron chi connectivity index (χ1n) is 15.3. The molecular formula is C36H42NNaO6. The van der Waals surface area contributed by atoms with Crippen molar-refractivity contribution < 1.29 is 58.8 Å². The standard InChI is InChI=1S/C36H43NO6.Na/c38-22-24-43-33(35(39)37-21-9-1-3-11-27-17-19-29-13-5-7-15-31(29)25-27)34(36(40)41)42-23-10-2-4-12-28-18-20-30-14-6-8-16-32(30)26-28;/h5-8,13-20,25-26,33-34,38H,1-4,9-12,21-24H2,(H,37,39)(H,40,41);/q;+1/p-1/t33-,34-;/m1./s1. The Balaban J connectivity index is 0.00000529. The van der Waals surface area contributed by atoms with Gasteiger partial charge in [0.25, 0.3) is 5.91 Å². The summed E-state index contributed by atoms with van der Waals surface area (Å²) in [6.07, 6.45) is 3.98. The van der Waals surface area contributed by atoms with E-state index in [4.69, 9.17) is 9.47 Å². The Kier molecular flexibility index (Phi) is 15.9. The van der Waals surface area contributed by atoms with Gasteiger partial charge in [0.05, 0.1) is 19.2 Å². The number of rotatable bonds is 19. The van der Waals surface area contributed by atoms with Crippen molar-refractivity contribution in [3.05, 3.63) is 96.1 Å². The van der Waals surface area contributed by atoms with E-state index in [1.165, 1.54) is 32.7 Å². The van der Waals surface area contributed by atoms with E-state index in [9.17, 15) is 19.8 Å². The molecule has 228 valence electrons. The molecule has 0 aliphatic rings. The van der Waals surface area contributed by atoms with Gasteiger partial charge in [-0.1, -0.05) is 97.8 Å². The van der Waals surface area contributed by atoms with E-state index in [1.54, 1.807) is 0 Å². The van der Waals surface area contributed by atoms with Crippen molar-refractivity contribution in [2.75, 3.05) is 26.4 Å². The van der Waals surface area contributed by atoms with Crippen molar-refractivity contribution in [2.45, 2.75) is 63.6 Å². The molecular weight excluding hydrogens is 565 g/mol. The number of carbonyl (C=O) groups is 2. The monoisotopic (exact) mass is 607 g/mol. The predicted molar refractivity (Wildman–Crippen MR) is 168 cm³/mol. The minimum absolute atomic E-state index is 0. The Labute approximate surface area is 282 Å². The topological polar surface area (TPSA) is 108 Å². The molecule has 4 aromatic carbocycles. The summed E-state index contributed by atoms with van der Waals surface area (Å²) >= 11 is 0. The molecule has 0 spiro atoms. The number of aliphatic hydroxyl groups excluding tert-OH is 1. The summed E-state index contributed by atoms with van der Waals surface area (Å²) in [5.74, 6) is -2.09. The first-order chi connectivity index (χ1) is 21.0. The van der Waals surface area contributed by atoms with Gasteiger partial charge < -0.3 is 29.8 Å². The Morgan fingerprint density at radius 2 is 1.18 bits per heavy atom. The van der Waals surface area contributed by atoms with Crippen molar-refractivity contribution in [1.82, 2.24) is 5.32 Å². The van der Waals surface area contributed by atoms with E-state index >= 15 is 0 Å². The number of nitrogens with one attached hydrogen (secondary N) is 1. The largest absolute Gasteiger partial charge is 1.00 e. The van der Waals surface area contributed by atoms with Gasteiger partial charge in [0.2, 0.25) is 0 Å². The molecule has 8 heteroatoms. The number of hydrogen-bond donors (Lipinski definition) is 2. The van der Waals surface area contributed by atoms with Gasteiger partial charge in [-0.15, -0.1) is 0 Å². The Morgan fingerprint density at radius 1 is 0.659 bits per heavy atom. The van der Waals surface area contributed by atoms with Crippen LogP contribution < -0.4 is 40.0 Å². The van der Waals surface area contributed by atoms with Crippen LogP contribution in [0.1, 0.15) is 49.7 Å². The van der Waals surface area contributed by atoms with Crippen LogP contribution in [0, 0.1) is 0 Å². The van der Waals surface area contributed by atoms with Crippen molar-refractivity contribution in [3.8, 4) is 0 Å². The summed E-state index contributed by atoms with van der Waals surface area (Å²) in [5, 5.41) is 28.8. The van der Waals surface area contributed by atoms with Gasteiger partial charge >= 0.3 is 29.6 Å². The van der Waals surface area contributed by atoms with E-state index in [0.717, 1.165) is 44.9 Å². The van der Waals surface area contributed by atoms with Crippen LogP contribution in [0.15, 0.2) is 84.9 Å². The first-order valence-corrected chi connectivity index (χ1v) is 15.3. The van der Waals surface area contributed by atoms with Gasteiger partial charge in [-0.05, 0) is 71.2 Å². The van der Waals surface area contributed by atoms with Crippen LogP contribution in [0.2, 0.25) is 0 Å². The second-order valence-corrected chi connectivity index (χ2v) is 10.9. The zero-order valence-electron chi connectivity index (χ0n) is 25.7. The van der Waals surface area contributed by atoms with Crippen molar-refractivity contribution >= 4 is 33.4 Å². The molecule has 4 aromatic rings. The fraction of sp³-hybridized carbons (Fsp3) is 0.389. The van der Waals surface area contributed by atoms with Crippen LogP contribution in [0.3, 0.4) is 0 Å². The maximum atomic E-state index is 12.9. The van der Waals surface area contributed by atoms with E-state index in [-0.39, 0.29) is 49.4 Å². The first kappa shape index (κ1) is 35.7. The Hall–Kier alpha value is -2.78. The molecule has 44 heavy (non-hydrogen) atoms. The molecule has 0 fully saturated rings. The summed E-state index contributed by atoms with van der Waals surface area (Å²) in [6, 6.07) is 29.5. The summed E-state index contributed by atoms with van der Waals surface area (Å²) in [6.45, 7) is 0.0390. The van der Waals surface area contributed by atoms with Gasteiger partial charge in [-0.25, -0.2) is 0 Å². The van der Waals surface area contributed by atoms with Crippen molar-refractivity contribution in [3.63, 3.8) is 0 Å². The fourth-order valence-corrected chi connectivity index (χ4v) is 5.31. The number of amides is 1. The smallest absolute Gasteiger partial charge is 0.547 e. The number of carboxylic acids is 1. The summed E-state index contributed by atoms with van der Waals surface area (Å²) < 4.78 is 11.0. The molecule has 4 rings (SSSR count). The summed E-state index contributed by atoms with van der Waals surface area (Å²) in [5.41, 5.74) is 2.54. The Bertz CT molecular complexity index is 1460. The molecule has 2 atom stereocenters. The van der Waals surface area contributed by atoms with Crippen LogP contribution >= 0.6 is 0 Å². The maximum Gasteiger partial charge on any atom is 1.00 e. The number of carboxylic acid groups (broad SMARTS) is 1. The predicted octanol–water partition coefficient (Wildman–Crippen LogP) is 1.75. The average molecular weight is 608 g/mol. The quantitative estimate of drug-likeness (QED) is 0.124. The van der Waals surface area contributed by atoms with Crippen molar-refractivity contribution in [2.24, 2.45) is 0 Å².